The van der Waals surface area contributed by atoms with Crippen LogP contribution in [0.15, 0.2) is 0 Å². The summed E-state index contributed by atoms with van der Waals surface area (Å²) in [6.45, 7) is 6.03. The van der Waals surface area contributed by atoms with E-state index in [9.17, 15) is 9.59 Å². The van der Waals surface area contributed by atoms with Crippen molar-refractivity contribution >= 4 is 11.8 Å². The highest BCUT2D eigenvalue weighted by Gasteiger charge is 2.28. The van der Waals surface area contributed by atoms with E-state index in [0.717, 1.165) is 38.6 Å². The molecule has 2 unspecified atom stereocenters. The average molecular weight is 283 g/mol. The molecule has 0 spiro atoms. The average Bonchev–Trinajstić information content (AvgIpc) is 2.45. The molecule has 2 atom stereocenters. The van der Waals surface area contributed by atoms with Crippen LogP contribution in [0.3, 0.4) is 0 Å². The van der Waals surface area contributed by atoms with E-state index < -0.39 is 0 Å². The molecule has 0 bridgehead atoms. The molecule has 1 aliphatic rings. The topological polar surface area (TPSA) is 75.4 Å². The van der Waals surface area contributed by atoms with Crippen LogP contribution >= 0.6 is 0 Å². The molecule has 0 aliphatic carbocycles. The van der Waals surface area contributed by atoms with Gasteiger partial charge in [0.1, 0.15) is 0 Å². The van der Waals surface area contributed by atoms with Crippen LogP contribution in [0, 0.1) is 5.92 Å². The number of nitrogens with one attached hydrogen (secondary N) is 1. The highest BCUT2D eigenvalue weighted by molar-refractivity contribution is 5.81. The van der Waals surface area contributed by atoms with Crippen LogP contribution in [0.2, 0.25) is 0 Å². The predicted octanol–water partition coefficient (Wildman–Crippen LogP) is 1.27. The van der Waals surface area contributed by atoms with Crippen LogP contribution in [0.25, 0.3) is 0 Å². The van der Waals surface area contributed by atoms with Gasteiger partial charge in [0.05, 0.1) is 5.92 Å². The summed E-state index contributed by atoms with van der Waals surface area (Å²) in [5.41, 5.74) is 5.43. The minimum absolute atomic E-state index is 0.0510. The lowest BCUT2D eigenvalue weighted by atomic mass is 9.96. The van der Waals surface area contributed by atoms with Gasteiger partial charge in [-0.1, -0.05) is 13.3 Å². The fourth-order valence-corrected chi connectivity index (χ4v) is 2.69. The van der Waals surface area contributed by atoms with Crippen molar-refractivity contribution in [2.75, 3.05) is 19.6 Å². The van der Waals surface area contributed by atoms with Gasteiger partial charge in [-0.2, -0.15) is 0 Å². The standard InChI is InChI=1S/C15H29N3O2/c1-3-6-12(2)17-15(20)13-7-5-10-18(11-13)14(19)8-4-9-16/h12-13H,3-11,16H2,1-2H3,(H,17,20). The summed E-state index contributed by atoms with van der Waals surface area (Å²) in [6, 6.07) is 0.218. The predicted molar refractivity (Wildman–Crippen MR) is 80.1 cm³/mol. The van der Waals surface area contributed by atoms with Crippen molar-refractivity contribution in [1.82, 2.24) is 10.2 Å². The number of hydrogen-bond donors (Lipinski definition) is 2. The molecular weight excluding hydrogens is 254 g/mol. The normalized spacial score (nSPS) is 20.6. The maximum Gasteiger partial charge on any atom is 0.225 e. The third-order valence-electron chi connectivity index (χ3n) is 3.85. The molecule has 0 aromatic carbocycles. The summed E-state index contributed by atoms with van der Waals surface area (Å²) in [4.78, 5) is 26.0. The van der Waals surface area contributed by atoms with Crippen molar-refractivity contribution in [3.8, 4) is 0 Å². The highest BCUT2D eigenvalue weighted by Crippen LogP contribution is 2.18. The van der Waals surface area contributed by atoms with Crippen LogP contribution in [0.1, 0.15) is 52.4 Å². The fraction of sp³-hybridized carbons (Fsp3) is 0.867. The maximum absolute atomic E-state index is 12.2. The second-order valence-electron chi connectivity index (χ2n) is 5.77. The lowest BCUT2D eigenvalue weighted by Crippen LogP contribution is -2.47. The molecule has 5 nitrogen and oxygen atoms in total. The van der Waals surface area contributed by atoms with Gasteiger partial charge in [0.2, 0.25) is 11.8 Å². The van der Waals surface area contributed by atoms with Gasteiger partial charge in [-0.25, -0.2) is 0 Å². The smallest absolute Gasteiger partial charge is 0.225 e. The Morgan fingerprint density at radius 3 is 2.85 bits per heavy atom. The molecule has 1 aliphatic heterocycles. The van der Waals surface area contributed by atoms with E-state index in [1.165, 1.54) is 0 Å². The summed E-state index contributed by atoms with van der Waals surface area (Å²) >= 11 is 0. The first-order valence-corrected chi connectivity index (χ1v) is 7.86. The Morgan fingerprint density at radius 2 is 2.20 bits per heavy atom. The Balaban J connectivity index is 2.43. The molecule has 5 heteroatoms. The van der Waals surface area contributed by atoms with Gasteiger partial charge in [-0.05, 0) is 39.2 Å². The van der Waals surface area contributed by atoms with E-state index in [1.807, 2.05) is 11.8 Å². The van der Waals surface area contributed by atoms with E-state index in [2.05, 4.69) is 12.2 Å². The van der Waals surface area contributed by atoms with Crippen molar-refractivity contribution in [3.05, 3.63) is 0 Å². The largest absolute Gasteiger partial charge is 0.353 e. The number of hydrogen-bond acceptors (Lipinski definition) is 3. The maximum atomic E-state index is 12.2. The number of rotatable bonds is 7. The molecule has 3 N–H and O–H groups in total. The molecule has 1 saturated heterocycles. The van der Waals surface area contributed by atoms with Gasteiger partial charge in [0.15, 0.2) is 0 Å². The molecule has 0 radical (unpaired) electrons. The van der Waals surface area contributed by atoms with E-state index >= 15 is 0 Å². The first kappa shape index (κ1) is 17.0. The van der Waals surface area contributed by atoms with Crippen LogP contribution in [0.4, 0.5) is 0 Å². The Kier molecular flexibility index (Phi) is 7.59. The molecule has 0 aromatic rings. The third-order valence-corrected chi connectivity index (χ3v) is 3.85. The van der Waals surface area contributed by atoms with Crippen molar-refractivity contribution in [3.63, 3.8) is 0 Å². The zero-order chi connectivity index (χ0) is 15.0. The van der Waals surface area contributed by atoms with E-state index in [-0.39, 0.29) is 23.8 Å². The molecular formula is C15H29N3O2. The summed E-state index contributed by atoms with van der Waals surface area (Å²) in [5, 5.41) is 3.06. The van der Waals surface area contributed by atoms with Crippen LogP contribution in [0.5, 0.6) is 0 Å². The number of nitrogens with zero attached hydrogens (tertiary/aromatic N) is 1. The zero-order valence-electron chi connectivity index (χ0n) is 12.9. The molecule has 116 valence electrons. The van der Waals surface area contributed by atoms with Crippen molar-refractivity contribution in [1.29, 1.82) is 0 Å². The van der Waals surface area contributed by atoms with Crippen LogP contribution in [-0.4, -0.2) is 42.4 Å². The zero-order valence-corrected chi connectivity index (χ0v) is 12.9. The number of nitrogens with two attached hydrogens (primary N) is 1. The minimum atomic E-state index is -0.0510. The third kappa shape index (κ3) is 5.49. The van der Waals surface area contributed by atoms with Gasteiger partial charge in [0.25, 0.3) is 0 Å². The van der Waals surface area contributed by atoms with Gasteiger partial charge in [-0.15, -0.1) is 0 Å². The van der Waals surface area contributed by atoms with Gasteiger partial charge in [-0.3, -0.25) is 9.59 Å². The second kappa shape index (κ2) is 8.95. The summed E-state index contributed by atoms with van der Waals surface area (Å²) in [5.74, 6) is 0.182. The Hall–Kier alpha value is -1.10. The Labute approximate surface area is 122 Å². The molecule has 0 aromatic heterocycles. The van der Waals surface area contributed by atoms with Gasteiger partial charge in [0, 0.05) is 25.6 Å². The molecule has 1 heterocycles. The SMILES string of the molecule is CCCC(C)NC(=O)C1CCCN(C(=O)CCCN)C1. The first-order valence-electron chi connectivity index (χ1n) is 7.86. The first-order chi connectivity index (χ1) is 9.58. The van der Waals surface area contributed by atoms with Crippen molar-refractivity contribution in [2.45, 2.75) is 58.4 Å². The lowest BCUT2D eigenvalue weighted by molar-refractivity contribution is -0.135. The number of piperidine rings is 1. The number of carbonyl (C=O) groups is 2. The molecule has 1 rings (SSSR count). The molecule has 2 amide bonds. The summed E-state index contributed by atoms with van der Waals surface area (Å²) in [6.07, 6.45) is 5.07. The number of carbonyl (C=O) groups excluding carboxylic acids is 2. The van der Waals surface area contributed by atoms with E-state index in [1.54, 1.807) is 0 Å². The van der Waals surface area contributed by atoms with E-state index in [0.29, 0.717) is 19.5 Å². The quantitative estimate of drug-likeness (QED) is 0.739. The second-order valence-corrected chi connectivity index (χ2v) is 5.77. The van der Waals surface area contributed by atoms with Gasteiger partial charge < -0.3 is 16.0 Å². The number of likely N-dealkylation sites (tertiary alicyclic amines) is 1. The number of amides is 2. The minimum Gasteiger partial charge on any atom is -0.353 e. The van der Waals surface area contributed by atoms with Crippen LogP contribution in [-0.2, 0) is 9.59 Å². The highest BCUT2D eigenvalue weighted by atomic mass is 16.2. The molecule has 0 saturated carbocycles. The summed E-state index contributed by atoms with van der Waals surface area (Å²) < 4.78 is 0. The molecule has 20 heavy (non-hydrogen) atoms. The van der Waals surface area contributed by atoms with Crippen molar-refractivity contribution in [2.24, 2.45) is 11.7 Å². The lowest BCUT2D eigenvalue weighted by Gasteiger charge is -2.32. The van der Waals surface area contributed by atoms with Crippen LogP contribution < -0.4 is 11.1 Å². The Bertz CT molecular complexity index is 320. The fourth-order valence-electron chi connectivity index (χ4n) is 2.69. The molecule has 1 fully saturated rings. The van der Waals surface area contributed by atoms with Gasteiger partial charge >= 0.3 is 0 Å². The Morgan fingerprint density at radius 1 is 1.45 bits per heavy atom. The monoisotopic (exact) mass is 283 g/mol. The van der Waals surface area contributed by atoms with E-state index in [4.69, 9.17) is 5.73 Å². The van der Waals surface area contributed by atoms with Crippen molar-refractivity contribution < 1.29 is 9.59 Å². The summed E-state index contributed by atoms with van der Waals surface area (Å²) in [7, 11) is 0.